The van der Waals surface area contributed by atoms with Crippen LogP contribution in [-0.4, -0.2) is 16.0 Å². The first-order valence-corrected chi connectivity index (χ1v) is 9.06. The van der Waals surface area contributed by atoms with Crippen LogP contribution < -0.4 is 5.32 Å². The SMILES string of the molecule is Cc1ccc(NC(=O)c2cc(-c3cc(C)oc3C)nc3onc(C)c23)c(C)c1. The Morgan fingerprint density at radius 2 is 1.82 bits per heavy atom. The summed E-state index contributed by atoms with van der Waals surface area (Å²) in [5, 5.41) is 7.61. The molecule has 28 heavy (non-hydrogen) atoms. The van der Waals surface area contributed by atoms with Gasteiger partial charge in [0.05, 0.1) is 22.3 Å². The Kier molecular flexibility index (Phi) is 4.26. The van der Waals surface area contributed by atoms with E-state index in [0.29, 0.717) is 28.1 Å². The minimum absolute atomic E-state index is 0.232. The number of nitrogens with one attached hydrogen (secondary N) is 1. The molecule has 3 heterocycles. The molecule has 6 heteroatoms. The molecule has 4 rings (SSSR count). The number of amides is 1. The normalized spacial score (nSPS) is 11.2. The number of aryl methyl sites for hydroxylation is 5. The van der Waals surface area contributed by atoms with E-state index >= 15 is 0 Å². The van der Waals surface area contributed by atoms with Crippen molar-refractivity contribution in [2.45, 2.75) is 34.6 Å². The van der Waals surface area contributed by atoms with Crippen LogP contribution in [0.5, 0.6) is 0 Å². The molecule has 0 atom stereocenters. The smallest absolute Gasteiger partial charge is 0.259 e. The first-order valence-electron chi connectivity index (χ1n) is 9.06. The molecule has 142 valence electrons. The number of aromatic nitrogens is 2. The highest BCUT2D eigenvalue weighted by atomic mass is 16.5. The number of carbonyl (C=O) groups is 1. The van der Waals surface area contributed by atoms with Crippen molar-refractivity contribution in [3.05, 3.63) is 64.2 Å². The van der Waals surface area contributed by atoms with Gasteiger partial charge >= 0.3 is 0 Å². The lowest BCUT2D eigenvalue weighted by atomic mass is 10.0. The van der Waals surface area contributed by atoms with Gasteiger partial charge in [-0.25, -0.2) is 4.98 Å². The summed E-state index contributed by atoms with van der Waals surface area (Å²) >= 11 is 0. The highest BCUT2D eigenvalue weighted by Crippen LogP contribution is 2.31. The molecule has 0 aliphatic carbocycles. The lowest BCUT2D eigenvalue weighted by Gasteiger charge is -2.10. The molecule has 1 amide bonds. The van der Waals surface area contributed by atoms with Gasteiger partial charge < -0.3 is 14.3 Å². The molecule has 1 N–H and O–H groups in total. The Bertz CT molecular complexity index is 1220. The molecule has 1 aromatic carbocycles. The third-order valence-corrected chi connectivity index (χ3v) is 4.81. The standard InChI is InChI=1S/C22H21N3O3/c1-11-6-7-18(12(2)8-11)23-21(26)17-10-19(16-9-13(3)27-15(16)5)24-22-20(17)14(4)25-28-22/h6-10H,1-5H3,(H,23,26). The Morgan fingerprint density at radius 3 is 2.50 bits per heavy atom. The number of pyridine rings is 1. The Labute approximate surface area is 162 Å². The van der Waals surface area contributed by atoms with Gasteiger partial charge in [-0.2, -0.15) is 0 Å². The van der Waals surface area contributed by atoms with Crippen LogP contribution >= 0.6 is 0 Å². The van der Waals surface area contributed by atoms with Crippen molar-refractivity contribution in [2.24, 2.45) is 0 Å². The maximum atomic E-state index is 13.2. The lowest BCUT2D eigenvalue weighted by Crippen LogP contribution is -2.14. The largest absolute Gasteiger partial charge is 0.466 e. The van der Waals surface area contributed by atoms with Crippen molar-refractivity contribution in [1.82, 2.24) is 10.1 Å². The van der Waals surface area contributed by atoms with Crippen LogP contribution in [0.3, 0.4) is 0 Å². The predicted octanol–water partition coefficient (Wildman–Crippen LogP) is 5.28. The zero-order chi connectivity index (χ0) is 20.0. The number of benzene rings is 1. The quantitative estimate of drug-likeness (QED) is 0.527. The molecule has 0 saturated carbocycles. The summed E-state index contributed by atoms with van der Waals surface area (Å²) in [6.07, 6.45) is 0. The monoisotopic (exact) mass is 375 g/mol. The second-order valence-corrected chi connectivity index (χ2v) is 7.10. The molecule has 0 unspecified atom stereocenters. The molecule has 0 fully saturated rings. The van der Waals surface area contributed by atoms with Gasteiger partial charge in [-0.1, -0.05) is 22.9 Å². The minimum atomic E-state index is -0.232. The summed E-state index contributed by atoms with van der Waals surface area (Å²) in [5.74, 6) is 1.29. The van der Waals surface area contributed by atoms with E-state index in [1.807, 2.05) is 52.0 Å². The van der Waals surface area contributed by atoms with E-state index in [1.165, 1.54) is 0 Å². The maximum absolute atomic E-state index is 13.2. The summed E-state index contributed by atoms with van der Waals surface area (Å²) in [5.41, 5.74) is 5.78. The number of fused-ring (bicyclic) bond motifs is 1. The number of rotatable bonds is 3. The number of furan rings is 1. The van der Waals surface area contributed by atoms with Gasteiger partial charge in [-0.3, -0.25) is 4.79 Å². The molecular weight excluding hydrogens is 354 g/mol. The second-order valence-electron chi connectivity index (χ2n) is 7.10. The van der Waals surface area contributed by atoms with Gasteiger partial charge in [0, 0.05) is 11.3 Å². The lowest BCUT2D eigenvalue weighted by molar-refractivity contribution is 0.102. The van der Waals surface area contributed by atoms with Crippen molar-refractivity contribution >= 4 is 22.7 Å². The van der Waals surface area contributed by atoms with Gasteiger partial charge in [0.25, 0.3) is 11.6 Å². The fraction of sp³-hybridized carbons (Fsp3) is 0.227. The molecule has 0 spiro atoms. The first kappa shape index (κ1) is 18.0. The van der Waals surface area contributed by atoms with Crippen LogP contribution in [0.1, 0.15) is 38.7 Å². The minimum Gasteiger partial charge on any atom is -0.466 e. The van der Waals surface area contributed by atoms with Gasteiger partial charge in [-0.05, 0) is 58.4 Å². The highest BCUT2D eigenvalue weighted by molar-refractivity contribution is 6.13. The first-order chi connectivity index (χ1) is 13.3. The van der Waals surface area contributed by atoms with E-state index in [9.17, 15) is 4.79 Å². The molecule has 0 aliphatic heterocycles. The molecular formula is C22H21N3O3. The summed E-state index contributed by atoms with van der Waals surface area (Å²) < 4.78 is 11.0. The van der Waals surface area contributed by atoms with Gasteiger partial charge in [0.2, 0.25) is 0 Å². The number of nitrogens with zero attached hydrogens (tertiary/aromatic N) is 2. The second kappa shape index (κ2) is 6.64. The fourth-order valence-corrected chi connectivity index (χ4v) is 3.44. The number of anilines is 1. The molecule has 4 aromatic rings. The summed E-state index contributed by atoms with van der Waals surface area (Å²) in [6.45, 7) is 9.54. The van der Waals surface area contributed by atoms with Crippen LogP contribution in [-0.2, 0) is 0 Å². The van der Waals surface area contributed by atoms with E-state index in [-0.39, 0.29) is 5.91 Å². The van der Waals surface area contributed by atoms with Crippen LogP contribution in [0, 0.1) is 34.6 Å². The maximum Gasteiger partial charge on any atom is 0.259 e. The summed E-state index contributed by atoms with van der Waals surface area (Å²) in [4.78, 5) is 17.7. The van der Waals surface area contributed by atoms with Crippen LogP contribution in [0.2, 0.25) is 0 Å². The van der Waals surface area contributed by atoms with Crippen LogP contribution in [0.15, 0.2) is 39.3 Å². The molecule has 0 radical (unpaired) electrons. The van der Waals surface area contributed by atoms with Gasteiger partial charge in [-0.15, -0.1) is 0 Å². The fourth-order valence-electron chi connectivity index (χ4n) is 3.44. The van der Waals surface area contributed by atoms with E-state index in [0.717, 1.165) is 33.9 Å². The van der Waals surface area contributed by atoms with E-state index in [4.69, 9.17) is 8.94 Å². The third-order valence-electron chi connectivity index (χ3n) is 4.81. The summed E-state index contributed by atoms with van der Waals surface area (Å²) in [6, 6.07) is 9.58. The number of hydrogen-bond acceptors (Lipinski definition) is 5. The average molecular weight is 375 g/mol. The predicted molar refractivity (Wildman–Crippen MR) is 108 cm³/mol. The van der Waals surface area contributed by atoms with Gasteiger partial charge in [0.15, 0.2) is 0 Å². The van der Waals surface area contributed by atoms with Crippen molar-refractivity contribution in [3.63, 3.8) is 0 Å². The van der Waals surface area contributed by atoms with Crippen molar-refractivity contribution < 1.29 is 13.7 Å². The third kappa shape index (κ3) is 3.07. The molecule has 0 bridgehead atoms. The van der Waals surface area contributed by atoms with Gasteiger partial charge in [0.1, 0.15) is 11.5 Å². The van der Waals surface area contributed by atoms with Crippen LogP contribution in [0.25, 0.3) is 22.4 Å². The molecule has 0 saturated heterocycles. The number of hydrogen-bond donors (Lipinski definition) is 1. The van der Waals surface area contributed by atoms with Crippen molar-refractivity contribution in [2.75, 3.05) is 5.32 Å². The molecule has 3 aromatic heterocycles. The topological polar surface area (TPSA) is 81.2 Å². The van der Waals surface area contributed by atoms with Crippen molar-refractivity contribution in [1.29, 1.82) is 0 Å². The zero-order valence-electron chi connectivity index (χ0n) is 16.5. The number of carbonyl (C=O) groups excluding carboxylic acids is 1. The average Bonchev–Trinajstić information content (AvgIpc) is 3.18. The Morgan fingerprint density at radius 1 is 1.04 bits per heavy atom. The van der Waals surface area contributed by atoms with Crippen molar-refractivity contribution in [3.8, 4) is 11.3 Å². The Hall–Kier alpha value is -3.41. The molecule has 0 aliphatic rings. The highest BCUT2D eigenvalue weighted by Gasteiger charge is 2.21. The Balaban J connectivity index is 1.83. The molecule has 6 nitrogen and oxygen atoms in total. The van der Waals surface area contributed by atoms with E-state index < -0.39 is 0 Å². The summed E-state index contributed by atoms with van der Waals surface area (Å²) in [7, 11) is 0. The van der Waals surface area contributed by atoms with E-state index in [2.05, 4.69) is 15.5 Å². The van der Waals surface area contributed by atoms with E-state index in [1.54, 1.807) is 13.0 Å². The van der Waals surface area contributed by atoms with Crippen LogP contribution in [0.4, 0.5) is 5.69 Å². The zero-order valence-corrected chi connectivity index (χ0v) is 16.5.